The normalized spacial score (nSPS) is 14.5. The number of rotatable bonds is 5. The van der Waals surface area contributed by atoms with Gasteiger partial charge >= 0.3 is 0 Å². The molecule has 1 fully saturated rings. The Morgan fingerprint density at radius 1 is 0.871 bits per heavy atom. The number of carbonyl (C=O) groups is 2. The van der Waals surface area contributed by atoms with Crippen LogP contribution in [0.3, 0.4) is 0 Å². The lowest BCUT2D eigenvalue weighted by Crippen LogP contribution is -2.50. The minimum absolute atomic E-state index is 0.0366. The molecule has 1 saturated heterocycles. The summed E-state index contributed by atoms with van der Waals surface area (Å²) in [5, 5.41) is 2.27. The van der Waals surface area contributed by atoms with E-state index >= 15 is 0 Å². The SMILES string of the molecule is O=C(CCCc1c[nH]c2ccccc12)N1CCN(C(=O)c2ccc3[nH]ccc3c2)CC1. The van der Waals surface area contributed by atoms with Gasteiger partial charge in [0.25, 0.3) is 5.91 Å². The van der Waals surface area contributed by atoms with E-state index in [0.29, 0.717) is 38.2 Å². The third-order valence-electron chi connectivity index (χ3n) is 6.23. The van der Waals surface area contributed by atoms with Gasteiger partial charge in [-0.15, -0.1) is 0 Å². The fourth-order valence-corrected chi connectivity index (χ4v) is 4.45. The second-order valence-electron chi connectivity index (χ2n) is 8.17. The van der Waals surface area contributed by atoms with Crippen LogP contribution >= 0.6 is 0 Å². The monoisotopic (exact) mass is 414 g/mol. The van der Waals surface area contributed by atoms with Crippen LogP contribution in [0.15, 0.2) is 60.9 Å². The van der Waals surface area contributed by atoms with Gasteiger partial charge in [-0.05, 0) is 48.7 Å². The third kappa shape index (κ3) is 3.93. The van der Waals surface area contributed by atoms with Crippen molar-refractivity contribution < 1.29 is 9.59 Å². The van der Waals surface area contributed by atoms with Crippen LogP contribution in [0.2, 0.25) is 0 Å². The number of benzene rings is 2. The zero-order valence-corrected chi connectivity index (χ0v) is 17.4. The van der Waals surface area contributed by atoms with Crippen molar-refractivity contribution in [1.29, 1.82) is 0 Å². The maximum Gasteiger partial charge on any atom is 0.253 e. The van der Waals surface area contributed by atoms with E-state index in [1.807, 2.05) is 58.6 Å². The number of aryl methyl sites for hydroxylation is 1. The van der Waals surface area contributed by atoms with Crippen LogP contribution in [-0.4, -0.2) is 57.8 Å². The molecule has 31 heavy (non-hydrogen) atoms. The van der Waals surface area contributed by atoms with E-state index in [4.69, 9.17) is 0 Å². The van der Waals surface area contributed by atoms with Crippen LogP contribution in [0.25, 0.3) is 21.8 Å². The summed E-state index contributed by atoms with van der Waals surface area (Å²) in [5.41, 5.74) is 4.13. The van der Waals surface area contributed by atoms with Crippen molar-refractivity contribution in [3.8, 4) is 0 Å². The average Bonchev–Trinajstić information content (AvgIpc) is 3.45. The number of carbonyl (C=O) groups excluding carboxylic acids is 2. The Kier molecular flexibility index (Phi) is 5.20. The number of nitrogens with one attached hydrogen (secondary N) is 2. The highest BCUT2D eigenvalue weighted by Crippen LogP contribution is 2.20. The number of para-hydroxylation sites is 1. The molecule has 0 radical (unpaired) electrons. The molecule has 4 aromatic rings. The van der Waals surface area contributed by atoms with E-state index in [2.05, 4.69) is 22.1 Å². The van der Waals surface area contributed by atoms with Crippen LogP contribution in [0.4, 0.5) is 0 Å². The molecule has 2 N–H and O–H groups in total. The highest BCUT2D eigenvalue weighted by Gasteiger charge is 2.24. The van der Waals surface area contributed by atoms with Crippen molar-refractivity contribution in [1.82, 2.24) is 19.8 Å². The smallest absolute Gasteiger partial charge is 0.253 e. The topological polar surface area (TPSA) is 72.2 Å². The van der Waals surface area contributed by atoms with E-state index in [0.717, 1.165) is 29.3 Å². The zero-order valence-electron chi connectivity index (χ0n) is 17.4. The van der Waals surface area contributed by atoms with Crippen molar-refractivity contribution in [2.24, 2.45) is 0 Å². The van der Waals surface area contributed by atoms with E-state index in [9.17, 15) is 9.59 Å². The summed E-state index contributed by atoms with van der Waals surface area (Å²) in [7, 11) is 0. The fraction of sp³-hybridized carbons (Fsp3) is 0.280. The maximum absolute atomic E-state index is 12.9. The molecule has 158 valence electrons. The molecule has 6 nitrogen and oxygen atoms in total. The molecule has 1 aliphatic rings. The molecule has 0 atom stereocenters. The van der Waals surface area contributed by atoms with Gasteiger partial charge < -0.3 is 19.8 Å². The Morgan fingerprint density at radius 3 is 2.55 bits per heavy atom. The second-order valence-corrected chi connectivity index (χ2v) is 8.17. The molecule has 0 bridgehead atoms. The first-order valence-corrected chi connectivity index (χ1v) is 10.9. The van der Waals surface area contributed by atoms with Crippen molar-refractivity contribution in [3.05, 3.63) is 72.1 Å². The molecule has 2 aromatic heterocycles. The number of hydrogen-bond acceptors (Lipinski definition) is 2. The van der Waals surface area contributed by atoms with Crippen molar-refractivity contribution in [2.75, 3.05) is 26.2 Å². The van der Waals surface area contributed by atoms with Crippen LogP contribution < -0.4 is 0 Å². The summed E-state index contributed by atoms with van der Waals surface area (Å²) in [6.07, 6.45) is 6.18. The Hall–Kier alpha value is -3.54. The molecule has 5 rings (SSSR count). The molecule has 0 spiro atoms. The van der Waals surface area contributed by atoms with Gasteiger partial charge in [-0.25, -0.2) is 0 Å². The molecule has 3 heterocycles. The van der Waals surface area contributed by atoms with E-state index in [-0.39, 0.29) is 11.8 Å². The highest BCUT2D eigenvalue weighted by molar-refractivity contribution is 5.98. The van der Waals surface area contributed by atoms with Crippen molar-refractivity contribution in [2.45, 2.75) is 19.3 Å². The van der Waals surface area contributed by atoms with E-state index in [1.165, 1.54) is 10.9 Å². The molecule has 2 aromatic carbocycles. The Balaban J connectivity index is 1.12. The molecule has 0 unspecified atom stereocenters. The van der Waals surface area contributed by atoms with Crippen molar-refractivity contribution >= 4 is 33.6 Å². The lowest BCUT2D eigenvalue weighted by molar-refractivity contribution is -0.132. The van der Waals surface area contributed by atoms with Gasteiger partial charge in [0.15, 0.2) is 0 Å². The van der Waals surface area contributed by atoms with Crippen LogP contribution in [0.5, 0.6) is 0 Å². The first kappa shape index (κ1) is 19.4. The van der Waals surface area contributed by atoms with Gasteiger partial charge in [-0.1, -0.05) is 18.2 Å². The average molecular weight is 415 g/mol. The summed E-state index contributed by atoms with van der Waals surface area (Å²) in [5.74, 6) is 0.218. The fourth-order valence-electron chi connectivity index (χ4n) is 4.45. The van der Waals surface area contributed by atoms with Gasteiger partial charge in [0, 0.05) is 72.4 Å². The minimum Gasteiger partial charge on any atom is -0.361 e. The predicted octanol–water partition coefficient (Wildman–Crippen LogP) is 3.96. The molecule has 0 aliphatic carbocycles. The lowest BCUT2D eigenvalue weighted by Gasteiger charge is -2.35. The van der Waals surface area contributed by atoms with Gasteiger partial charge in [0.2, 0.25) is 5.91 Å². The Bertz CT molecular complexity index is 1230. The third-order valence-corrected chi connectivity index (χ3v) is 6.23. The molecule has 1 aliphatic heterocycles. The Labute approximate surface area is 180 Å². The van der Waals surface area contributed by atoms with Crippen LogP contribution in [0.1, 0.15) is 28.8 Å². The number of piperazine rings is 1. The lowest BCUT2D eigenvalue weighted by atomic mass is 10.1. The summed E-state index contributed by atoms with van der Waals surface area (Å²) in [6, 6.07) is 16.0. The second kappa shape index (κ2) is 8.30. The van der Waals surface area contributed by atoms with Gasteiger partial charge in [-0.2, -0.15) is 0 Å². The summed E-state index contributed by atoms with van der Waals surface area (Å²) >= 11 is 0. The predicted molar refractivity (Wildman–Crippen MR) is 122 cm³/mol. The van der Waals surface area contributed by atoms with Crippen LogP contribution in [0, 0.1) is 0 Å². The van der Waals surface area contributed by atoms with Gasteiger partial charge in [-0.3, -0.25) is 9.59 Å². The summed E-state index contributed by atoms with van der Waals surface area (Å²) < 4.78 is 0. The number of nitrogens with zero attached hydrogens (tertiary/aromatic N) is 2. The molecule has 6 heteroatoms. The summed E-state index contributed by atoms with van der Waals surface area (Å²) in [6.45, 7) is 2.37. The number of aromatic nitrogens is 2. The number of amides is 2. The first-order chi connectivity index (χ1) is 15.2. The first-order valence-electron chi connectivity index (χ1n) is 10.9. The largest absolute Gasteiger partial charge is 0.361 e. The quantitative estimate of drug-likeness (QED) is 0.519. The number of aromatic amines is 2. The minimum atomic E-state index is 0.0366. The van der Waals surface area contributed by atoms with Crippen molar-refractivity contribution in [3.63, 3.8) is 0 Å². The summed E-state index contributed by atoms with van der Waals surface area (Å²) in [4.78, 5) is 35.7. The number of hydrogen-bond donors (Lipinski definition) is 2. The molecular formula is C25H26N4O2. The van der Waals surface area contributed by atoms with E-state index < -0.39 is 0 Å². The molecular weight excluding hydrogens is 388 g/mol. The van der Waals surface area contributed by atoms with Crippen LogP contribution in [-0.2, 0) is 11.2 Å². The standard InChI is InChI=1S/C25H26N4O2/c30-24(7-3-4-20-17-27-23-6-2-1-5-21(20)23)28-12-14-29(15-13-28)25(31)19-8-9-22-18(16-19)10-11-26-22/h1-2,5-6,8-11,16-17,26-27H,3-4,7,12-15H2. The highest BCUT2D eigenvalue weighted by atomic mass is 16.2. The molecule has 2 amide bonds. The Morgan fingerprint density at radius 2 is 1.68 bits per heavy atom. The van der Waals surface area contributed by atoms with Gasteiger partial charge in [0.1, 0.15) is 0 Å². The number of fused-ring (bicyclic) bond motifs is 2. The zero-order chi connectivity index (χ0) is 21.2. The number of H-pyrrole nitrogens is 2. The molecule has 0 saturated carbocycles. The van der Waals surface area contributed by atoms with E-state index in [1.54, 1.807) is 0 Å². The maximum atomic E-state index is 12.9. The van der Waals surface area contributed by atoms with Gasteiger partial charge in [0.05, 0.1) is 0 Å².